The smallest absolute Gasteiger partial charge is 0.230 e. The number of nitrogens with zero attached hydrogens (tertiary/aromatic N) is 1. The van der Waals surface area contributed by atoms with E-state index >= 15 is 0 Å². The second kappa shape index (κ2) is 8.48. The van der Waals surface area contributed by atoms with Crippen LogP contribution in [-0.4, -0.2) is 42.6 Å². The molecule has 1 aliphatic carbocycles. The van der Waals surface area contributed by atoms with Crippen LogP contribution in [0.15, 0.2) is 0 Å². The third-order valence-corrected chi connectivity index (χ3v) is 6.27. The van der Waals surface area contributed by atoms with Crippen molar-refractivity contribution in [3.8, 4) is 0 Å². The van der Waals surface area contributed by atoms with E-state index in [9.17, 15) is 4.79 Å². The number of carbonyl (C=O) groups excluding carboxylic acids is 1. The molecule has 1 amide bonds. The highest BCUT2D eigenvalue weighted by Gasteiger charge is 2.38. The van der Waals surface area contributed by atoms with Crippen molar-refractivity contribution in [2.45, 2.75) is 84.3 Å². The second-order valence-electron chi connectivity index (χ2n) is 7.70. The van der Waals surface area contributed by atoms with Crippen LogP contribution in [0.2, 0.25) is 0 Å². The molecule has 134 valence electrons. The number of likely N-dealkylation sites (tertiary alicyclic amines) is 1. The van der Waals surface area contributed by atoms with Crippen LogP contribution in [0.3, 0.4) is 0 Å². The SMILES string of the molecule is CCC(CC)(CN)C(=O)N1CCC(OC2CCC(C)CC2)CC1. The van der Waals surface area contributed by atoms with Crippen molar-refractivity contribution in [1.29, 1.82) is 0 Å². The summed E-state index contributed by atoms with van der Waals surface area (Å²) in [4.78, 5) is 14.9. The van der Waals surface area contributed by atoms with Crippen LogP contribution in [0, 0.1) is 11.3 Å². The van der Waals surface area contributed by atoms with E-state index < -0.39 is 0 Å². The Balaban J connectivity index is 1.80. The maximum absolute atomic E-state index is 12.9. The molecular weight excluding hydrogens is 288 g/mol. The summed E-state index contributed by atoms with van der Waals surface area (Å²) in [5.41, 5.74) is 5.57. The quantitative estimate of drug-likeness (QED) is 0.815. The monoisotopic (exact) mass is 324 g/mol. The Hall–Kier alpha value is -0.610. The first-order valence-electron chi connectivity index (χ1n) is 9.69. The van der Waals surface area contributed by atoms with E-state index in [1.807, 2.05) is 4.90 Å². The maximum Gasteiger partial charge on any atom is 0.230 e. The molecule has 0 atom stereocenters. The van der Waals surface area contributed by atoms with E-state index in [0.29, 0.717) is 18.8 Å². The van der Waals surface area contributed by atoms with Crippen LogP contribution < -0.4 is 5.73 Å². The fraction of sp³-hybridized carbons (Fsp3) is 0.947. The second-order valence-corrected chi connectivity index (χ2v) is 7.70. The average molecular weight is 325 g/mol. The lowest BCUT2D eigenvalue weighted by Crippen LogP contribution is -2.51. The Morgan fingerprint density at radius 3 is 2.04 bits per heavy atom. The molecule has 23 heavy (non-hydrogen) atoms. The van der Waals surface area contributed by atoms with Crippen molar-refractivity contribution < 1.29 is 9.53 Å². The van der Waals surface area contributed by atoms with E-state index in [2.05, 4.69) is 20.8 Å². The van der Waals surface area contributed by atoms with Gasteiger partial charge in [-0.1, -0.05) is 20.8 Å². The lowest BCUT2D eigenvalue weighted by molar-refractivity contribution is -0.146. The van der Waals surface area contributed by atoms with Gasteiger partial charge in [0, 0.05) is 19.6 Å². The zero-order chi connectivity index (χ0) is 16.9. The highest BCUT2D eigenvalue weighted by Crippen LogP contribution is 2.31. The van der Waals surface area contributed by atoms with Gasteiger partial charge in [0.15, 0.2) is 0 Å². The third-order valence-electron chi connectivity index (χ3n) is 6.27. The number of amides is 1. The first kappa shape index (κ1) is 18.7. The predicted octanol–water partition coefficient (Wildman–Crippen LogP) is 3.34. The van der Waals surface area contributed by atoms with Crippen molar-refractivity contribution in [2.75, 3.05) is 19.6 Å². The lowest BCUT2D eigenvalue weighted by Gasteiger charge is -2.40. The Labute approximate surface area is 142 Å². The molecule has 1 saturated carbocycles. The Morgan fingerprint density at radius 2 is 1.57 bits per heavy atom. The molecule has 0 radical (unpaired) electrons. The minimum absolute atomic E-state index is 0.259. The Bertz CT molecular complexity index is 357. The summed E-state index contributed by atoms with van der Waals surface area (Å²) in [6.07, 6.45) is 9.43. The summed E-state index contributed by atoms with van der Waals surface area (Å²) in [5, 5.41) is 0. The number of hydrogen-bond donors (Lipinski definition) is 1. The molecule has 1 saturated heterocycles. The molecule has 1 aliphatic heterocycles. The van der Waals surface area contributed by atoms with E-state index in [1.54, 1.807) is 0 Å². The van der Waals surface area contributed by atoms with Crippen molar-refractivity contribution in [3.05, 3.63) is 0 Å². The lowest BCUT2D eigenvalue weighted by atomic mass is 9.80. The number of hydrogen-bond acceptors (Lipinski definition) is 3. The van der Waals surface area contributed by atoms with E-state index in [1.165, 1.54) is 25.7 Å². The molecule has 2 N–H and O–H groups in total. The molecule has 1 heterocycles. The highest BCUT2D eigenvalue weighted by atomic mass is 16.5. The maximum atomic E-state index is 12.9. The van der Waals surface area contributed by atoms with Gasteiger partial charge in [0.2, 0.25) is 5.91 Å². The highest BCUT2D eigenvalue weighted by molar-refractivity contribution is 5.83. The number of piperidine rings is 1. The molecular formula is C19H36N2O2. The zero-order valence-corrected chi connectivity index (χ0v) is 15.4. The molecule has 0 aromatic carbocycles. The van der Waals surface area contributed by atoms with Crippen molar-refractivity contribution >= 4 is 5.91 Å². The molecule has 2 aliphatic rings. The number of nitrogens with two attached hydrogens (primary N) is 1. The summed E-state index contributed by atoms with van der Waals surface area (Å²) in [5.74, 6) is 1.12. The summed E-state index contributed by atoms with van der Waals surface area (Å²) in [6.45, 7) is 8.60. The van der Waals surface area contributed by atoms with Gasteiger partial charge in [-0.25, -0.2) is 0 Å². The topological polar surface area (TPSA) is 55.6 Å². The van der Waals surface area contributed by atoms with Crippen molar-refractivity contribution in [2.24, 2.45) is 17.1 Å². The van der Waals surface area contributed by atoms with Gasteiger partial charge in [0.25, 0.3) is 0 Å². The fourth-order valence-electron chi connectivity index (χ4n) is 4.10. The fourth-order valence-corrected chi connectivity index (χ4v) is 4.10. The first-order chi connectivity index (χ1) is 11.0. The third kappa shape index (κ3) is 4.48. The van der Waals surface area contributed by atoms with Gasteiger partial charge in [0.05, 0.1) is 17.6 Å². The summed E-state index contributed by atoms with van der Waals surface area (Å²) in [7, 11) is 0. The molecule has 0 bridgehead atoms. The van der Waals surface area contributed by atoms with E-state index in [0.717, 1.165) is 44.7 Å². The molecule has 4 heteroatoms. The molecule has 0 aromatic heterocycles. The van der Waals surface area contributed by atoms with Gasteiger partial charge in [-0.2, -0.15) is 0 Å². The minimum Gasteiger partial charge on any atom is -0.375 e. The number of carbonyl (C=O) groups is 1. The molecule has 0 unspecified atom stereocenters. The van der Waals surface area contributed by atoms with Gasteiger partial charge >= 0.3 is 0 Å². The van der Waals surface area contributed by atoms with Crippen LogP contribution in [0.4, 0.5) is 0 Å². The molecule has 2 rings (SSSR count). The largest absolute Gasteiger partial charge is 0.375 e. The van der Waals surface area contributed by atoms with Crippen molar-refractivity contribution in [3.63, 3.8) is 0 Å². The van der Waals surface area contributed by atoms with Gasteiger partial charge < -0.3 is 15.4 Å². The van der Waals surface area contributed by atoms with E-state index in [4.69, 9.17) is 10.5 Å². The predicted molar refractivity (Wildman–Crippen MR) is 94.2 cm³/mol. The number of rotatable bonds is 6. The minimum atomic E-state index is -0.354. The van der Waals surface area contributed by atoms with Crippen LogP contribution in [0.1, 0.15) is 72.1 Å². The number of ether oxygens (including phenoxy) is 1. The Morgan fingerprint density at radius 1 is 1.04 bits per heavy atom. The zero-order valence-electron chi connectivity index (χ0n) is 15.4. The van der Waals surface area contributed by atoms with Crippen molar-refractivity contribution in [1.82, 2.24) is 4.90 Å². The molecule has 0 spiro atoms. The van der Waals surface area contributed by atoms with Gasteiger partial charge in [-0.3, -0.25) is 4.79 Å². The average Bonchev–Trinajstić information content (AvgIpc) is 2.59. The van der Waals surface area contributed by atoms with E-state index in [-0.39, 0.29) is 11.3 Å². The molecule has 4 nitrogen and oxygen atoms in total. The normalized spacial score (nSPS) is 27.2. The first-order valence-corrected chi connectivity index (χ1v) is 9.69. The molecule has 0 aromatic rings. The molecule has 2 fully saturated rings. The van der Waals surface area contributed by atoms with Gasteiger partial charge in [-0.05, 0) is 57.3 Å². The van der Waals surface area contributed by atoms with Gasteiger partial charge in [-0.15, -0.1) is 0 Å². The van der Waals surface area contributed by atoms with Gasteiger partial charge in [0.1, 0.15) is 0 Å². The van der Waals surface area contributed by atoms with Crippen LogP contribution in [0.5, 0.6) is 0 Å². The summed E-state index contributed by atoms with van der Waals surface area (Å²) < 4.78 is 6.31. The van der Waals surface area contributed by atoms with Crippen LogP contribution in [-0.2, 0) is 9.53 Å². The standard InChI is InChI=1S/C19H36N2O2/c1-4-19(5-2,14-20)18(22)21-12-10-17(11-13-21)23-16-8-6-15(3)7-9-16/h15-17H,4-14,20H2,1-3H3. The summed E-state index contributed by atoms with van der Waals surface area (Å²) >= 11 is 0. The Kier molecular flexibility index (Phi) is 6.90. The van der Waals surface area contributed by atoms with Crippen LogP contribution >= 0.6 is 0 Å². The summed E-state index contributed by atoms with van der Waals surface area (Å²) in [6, 6.07) is 0. The van der Waals surface area contributed by atoms with Crippen LogP contribution in [0.25, 0.3) is 0 Å².